The van der Waals surface area contributed by atoms with Gasteiger partial charge in [-0.15, -0.1) is 0 Å². The number of nitrogens with one attached hydrogen (secondary N) is 1. The van der Waals surface area contributed by atoms with Crippen molar-refractivity contribution >= 4 is 10.8 Å². The Morgan fingerprint density at radius 1 is 1.44 bits per heavy atom. The van der Waals surface area contributed by atoms with Crippen molar-refractivity contribution in [2.45, 2.75) is 45.7 Å². The summed E-state index contributed by atoms with van der Waals surface area (Å²) in [5, 5.41) is 3.57. The molecule has 1 aliphatic heterocycles. The summed E-state index contributed by atoms with van der Waals surface area (Å²) < 4.78 is 11.5. The van der Waals surface area contributed by atoms with Crippen LogP contribution in [-0.2, 0) is 10.8 Å². The van der Waals surface area contributed by atoms with Gasteiger partial charge in [-0.2, -0.15) is 0 Å². The lowest BCUT2D eigenvalue weighted by molar-refractivity contribution is 0.0993. The van der Waals surface area contributed by atoms with Crippen LogP contribution in [0.2, 0.25) is 0 Å². The maximum absolute atomic E-state index is 11.5. The number of hydrogen-bond donors (Lipinski definition) is 1. The quantitative estimate of drug-likeness (QED) is 0.791. The van der Waals surface area contributed by atoms with Crippen molar-refractivity contribution in [2.24, 2.45) is 0 Å². The lowest BCUT2D eigenvalue weighted by Gasteiger charge is -2.44. The minimum absolute atomic E-state index is 0.194. The van der Waals surface area contributed by atoms with E-state index in [9.17, 15) is 4.21 Å². The Bertz CT molecular complexity index is 243. The van der Waals surface area contributed by atoms with Gasteiger partial charge in [0, 0.05) is 53.5 Å². The largest absolute Gasteiger partial charge is 0.309 e. The van der Waals surface area contributed by atoms with Crippen LogP contribution in [0.25, 0.3) is 0 Å². The number of hydrogen-bond acceptors (Lipinski definition) is 3. The van der Waals surface area contributed by atoms with Gasteiger partial charge in [-0.25, -0.2) is 0 Å². The third-order valence-electron chi connectivity index (χ3n) is 3.33. The van der Waals surface area contributed by atoms with Crippen molar-refractivity contribution in [3.8, 4) is 0 Å². The molecule has 0 saturated carbocycles. The SMILES string of the molecule is CCC1CNC(C)(C)CN1CCS(=O)CC. The molecule has 1 aliphatic rings. The van der Waals surface area contributed by atoms with Crippen molar-refractivity contribution < 1.29 is 4.21 Å². The van der Waals surface area contributed by atoms with Gasteiger partial charge in [0.05, 0.1) is 0 Å². The van der Waals surface area contributed by atoms with Crippen molar-refractivity contribution in [1.82, 2.24) is 10.2 Å². The summed E-state index contributed by atoms with van der Waals surface area (Å²) in [5.41, 5.74) is 0.194. The fourth-order valence-electron chi connectivity index (χ4n) is 2.24. The van der Waals surface area contributed by atoms with E-state index in [-0.39, 0.29) is 5.54 Å². The number of piperazine rings is 1. The number of nitrogens with zero attached hydrogens (tertiary/aromatic N) is 1. The highest BCUT2D eigenvalue weighted by atomic mass is 32.2. The zero-order chi connectivity index (χ0) is 12.2. The van der Waals surface area contributed by atoms with Crippen LogP contribution in [0.15, 0.2) is 0 Å². The molecule has 0 amide bonds. The van der Waals surface area contributed by atoms with Gasteiger partial charge in [0.25, 0.3) is 0 Å². The Balaban J connectivity index is 2.49. The van der Waals surface area contributed by atoms with Gasteiger partial charge in [0.15, 0.2) is 0 Å². The highest BCUT2D eigenvalue weighted by Crippen LogP contribution is 2.16. The van der Waals surface area contributed by atoms with E-state index < -0.39 is 10.8 Å². The highest BCUT2D eigenvalue weighted by Gasteiger charge is 2.31. The molecular formula is C12H26N2OS. The van der Waals surface area contributed by atoms with Crippen LogP contribution in [0.1, 0.15) is 34.1 Å². The Labute approximate surface area is 102 Å². The Morgan fingerprint density at radius 2 is 2.12 bits per heavy atom. The van der Waals surface area contributed by atoms with Gasteiger partial charge in [-0.1, -0.05) is 13.8 Å². The van der Waals surface area contributed by atoms with Crippen molar-refractivity contribution in [1.29, 1.82) is 0 Å². The molecule has 0 radical (unpaired) electrons. The van der Waals surface area contributed by atoms with Crippen LogP contribution in [0.3, 0.4) is 0 Å². The molecule has 16 heavy (non-hydrogen) atoms. The van der Waals surface area contributed by atoms with Crippen molar-refractivity contribution in [2.75, 3.05) is 31.1 Å². The van der Waals surface area contributed by atoms with E-state index in [1.165, 1.54) is 6.42 Å². The maximum Gasteiger partial charge on any atom is 0.0362 e. The average molecular weight is 246 g/mol. The molecule has 1 rings (SSSR count). The molecule has 1 fully saturated rings. The lowest BCUT2D eigenvalue weighted by atomic mass is 9.98. The Hall–Kier alpha value is 0.0700. The highest BCUT2D eigenvalue weighted by molar-refractivity contribution is 7.84. The summed E-state index contributed by atoms with van der Waals surface area (Å²) in [6.07, 6.45) is 1.17. The molecule has 0 aliphatic carbocycles. The van der Waals surface area contributed by atoms with Gasteiger partial charge < -0.3 is 5.32 Å². The van der Waals surface area contributed by atoms with Crippen LogP contribution >= 0.6 is 0 Å². The molecule has 3 nitrogen and oxygen atoms in total. The average Bonchev–Trinajstić information content (AvgIpc) is 2.25. The third-order valence-corrected chi connectivity index (χ3v) is 4.61. The molecule has 0 spiro atoms. The van der Waals surface area contributed by atoms with E-state index in [0.29, 0.717) is 6.04 Å². The third kappa shape index (κ3) is 4.15. The van der Waals surface area contributed by atoms with E-state index in [0.717, 1.165) is 31.1 Å². The molecule has 4 heteroatoms. The predicted molar refractivity (Wildman–Crippen MR) is 71.3 cm³/mol. The summed E-state index contributed by atoms with van der Waals surface area (Å²) >= 11 is 0. The van der Waals surface area contributed by atoms with E-state index in [4.69, 9.17) is 0 Å². The van der Waals surface area contributed by atoms with Gasteiger partial charge in [0.2, 0.25) is 0 Å². The summed E-state index contributed by atoms with van der Waals surface area (Å²) in [5.74, 6) is 1.61. The predicted octanol–water partition coefficient (Wildman–Crippen LogP) is 1.22. The second kappa shape index (κ2) is 6.12. The van der Waals surface area contributed by atoms with Crippen LogP contribution in [-0.4, -0.2) is 51.8 Å². The van der Waals surface area contributed by atoms with Crippen molar-refractivity contribution in [3.05, 3.63) is 0 Å². The summed E-state index contributed by atoms with van der Waals surface area (Å²) in [6.45, 7) is 11.8. The van der Waals surface area contributed by atoms with Gasteiger partial charge >= 0.3 is 0 Å². The van der Waals surface area contributed by atoms with E-state index in [2.05, 4.69) is 31.0 Å². The topological polar surface area (TPSA) is 32.3 Å². The Morgan fingerprint density at radius 3 is 2.69 bits per heavy atom. The van der Waals surface area contributed by atoms with Crippen LogP contribution < -0.4 is 5.32 Å². The summed E-state index contributed by atoms with van der Waals surface area (Å²) in [4.78, 5) is 2.50. The van der Waals surface area contributed by atoms with E-state index in [1.807, 2.05) is 6.92 Å². The zero-order valence-corrected chi connectivity index (χ0v) is 11.9. The standard InChI is InChI=1S/C12H26N2OS/c1-5-11-9-13-12(3,4)10-14(11)7-8-16(15)6-2/h11,13H,5-10H2,1-4H3. The second-order valence-corrected chi connectivity index (χ2v) is 7.10. The first-order valence-corrected chi connectivity index (χ1v) is 7.81. The fourth-order valence-corrected chi connectivity index (χ4v) is 2.97. The molecule has 1 N–H and O–H groups in total. The lowest BCUT2D eigenvalue weighted by Crippen LogP contribution is -2.61. The molecular weight excluding hydrogens is 220 g/mol. The minimum Gasteiger partial charge on any atom is -0.309 e. The molecule has 2 unspecified atom stereocenters. The Kier molecular flexibility index (Phi) is 5.41. The first-order valence-electron chi connectivity index (χ1n) is 6.32. The monoisotopic (exact) mass is 246 g/mol. The molecule has 96 valence electrons. The van der Waals surface area contributed by atoms with E-state index in [1.54, 1.807) is 0 Å². The maximum atomic E-state index is 11.5. The van der Waals surface area contributed by atoms with Crippen LogP contribution in [0.4, 0.5) is 0 Å². The first-order chi connectivity index (χ1) is 7.48. The molecule has 0 aromatic carbocycles. The molecule has 0 aromatic rings. The summed E-state index contributed by atoms with van der Waals surface area (Å²) in [6, 6.07) is 0.613. The molecule has 2 atom stereocenters. The van der Waals surface area contributed by atoms with Crippen LogP contribution in [0.5, 0.6) is 0 Å². The number of rotatable bonds is 5. The fraction of sp³-hybridized carbons (Fsp3) is 1.00. The zero-order valence-electron chi connectivity index (χ0n) is 11.1. The minimum atomic E-state index is -0.632. The molecule has 1 heterocycles. The molecule has 0 aromatic heterocycles. The molecule has 0 bridgehead atoms. The normalized spacial score (nSPS) is 27.9. The first kappa shape index (κ1) is 14.1. The van der Waals surface area contributed by atoms with Crippen molar-refractivity contribution in [3.63, 3.8) is 0 Å². The van der Waals surface area contributed by atoms with Gasteiger partial charge in [-0.3, -0.25) is 9.11 Å². The van der Waals surface area contributed by atoms with Gasteiger partial charge in [0.1, 0.15) is 0 Å². The molecule has 1 saturated heterocycles. The van der Waals surface area contributed by atoms with E-state index >= 15 is 0 Å². The second-order valence-electron chi connectivity index (χ2n) is 5.23. The smallest absolute Gasteiger partial charge is 0.0362 e. The summed E-state index contributed by atoms with van der Waals surface area (Å²) in [7, 11) is -0.632. The van der Waals surface area contributed by atoms with Gasteiger partial charge in [-0.05, 0) is 20.3 Å². The van der Waals surface area contributed by atoms with Crippen LogP contribution in [0, 0.1) is 0 Å².